The normalized spacial score (nSPS) is 11.3. The van der Waals surface area contributed by atoms with E-state index in [2.05, 4.69) is 6.07 Å². The van der Waals surface area contributed by atoms with Gasteiger partial charge in [0.2, 0.25) is 0 Å². The van der Waals surface area contributed by atoms with Crippen LogP contribution >= 0.6 is 35.0 Å². The fraction of sp³-hybridized carbons (Fsp3) is 0.500. The molecule has 1 rings (SSSR count). The minimum absolute atomic E-state index is 0.200. The molecule has 0 unspecified atom stereocenters. The summed E-state index contributed by atoms with van der Waals surface area (Å²) in [6, 6.07) is 8.03. The Morgan fingerprint density at radius 2 is 1.94 bits per heavy atom. The van der Waals surface area contributed by atoms with Gasteiger partial charge in [-0.25, -0.2) is 0 Å². The predicted octanol–water partition coefficient (Wildman–Crippen LogP) is 5.81. The summed E-state index contributed by atoms with van der Waals surface area (Å²) in [5.41, 5.74) is -0.200. The average Bonchev–Trinajstić information content (AvgIpc) is 2.33. The van der Waals surface area contributed by atoms with E-state index in [0.717, 1.165) is 29.9 Å². The Morgan fingerprint density at radius 3 is 2.56 bits per heavy atom. The highest BCUT2D eigenvalue weighted by Crippen LogP contribution is 2.29. The lowest BCUT2D eigenvalue weighted by Gasteiger charge is -2.14. The lowest BCUT2D eigenvalue weighted by Crippen LogP contribution is -2.07. The van der Waals surface area contributed by atoms with Crippen molar-refractivity contribution in [3.8, 4) is 6.07 Å². The van der Waals surface area contributed by atoms with Crippen molar-refractivity contribution < 1.29 is 0 Å². The van der Waals surface area contributed by atoms with Crippen LogP contribution in [0.25, 0.3) is 0 Å². The van der Waals surface area contributed by atoms with Crippen LogP contribution in [0.4, 0.5) is 0 Å². The number of unbranched alkanes of at least 4 members (excludes halogenated alkanes) is 1. The first kappa shape index (κ1) is 15.7. The molecule has 0 N–H and O–H groups in total. The van der Waals surface area contributed by atoms with E-state index in [9.17, 15) is 0 Å². The van der Waals surface area contributed by atoms with Gasteiger partial charge in [0.25, 0.3) is 0 Å². The summed E-state index contributed by atoms with van der Waals surface area (Å²) in [6.07, 6.45) is 3.14. The summed E-state index contributed by atoms with van der Waals surface area (Å²) in [5, 5.41) is 10.1. The van der Waals surface area contributed by atoms with Crippen molar-refractivity contribution in [1.29, 1.82) is 5.26 Å². The second-order valence-corrected chi connectivity index (χ2v) is 6.86. The van der Waals surface area contributed by atoms with Crippen LogP contribution in [-0.4, -0.2) is 5.75 Å². The minimum atomic E-state index is -0.200. The number of rotatable bonds is 6. The Labute approximate surface area is 123 Å². The first-order valence-electron chi connectivity index (χ1n) is 5.94. The number of halogens is 2. The van der Waals surface area contributed by atoms with Crippen LogP contribution in [-0.2, 0) is 0 Å². The van der Waals surface area contributed by atoms with Crippen LogP contribution in [0.1, 0.15) is 33.1 Å². The third kappa shape index (κ3) is 5.52. The zero-order valence-electron chi connectivity index (χ0n) is 10.7. The van der Waals surface area contributed by atoms with Crippen LogP contribution in [0.15, 0.2) is 23.1 Å². The Bertz CT molecular complexity index is 438. The van der Waals surface area contributed by atoms with E-state index in [0.29, 0.717) is 10.0 Å². The Morgan fingerprint density at radius 1 is 1.22 bits per heavy atom. The van der Waals surface area contributed by atoms with Gasteiger partial charge in [0.15, 0.2) is 0 Å². The molecule has 98 valence electrons. The summed E-state index contributed by atoms with van der Waals surface area (Å²) in [5.74, 6) is 1.04. The van der Waals surface area contributed by atoms with E-state index < -0.39 is 0 Å². The van der Waals surface area contributed by atoms with Gasteiger partial charge in [0.1, 0.15) is 0 Å². The third-order valence-electron chi connectivity index (χ3n) is 2.66. The molecule has 18 heavy (non-hydrogen) atoms. The number of hydrogen-bond donors (Lipinski definition) is 0. The summed E-state index contributed by atoms with van der Waals surface area (Å²) >= 11 is 13.6. The molecule has 0 amide bonds. The average molecular weight is 302 g/mol. The van der Waals surface area contributed by atoms with Crippen LogP contribution in [0.2, 0.25) is 10.0 Å². The van der Waals surface area contributed by atoms with Crippen molar-refractivity contribution in [1.82, 2.24) is 0 Å². The molecule has 0 aliphatic carbocycles. The Kier molecular flexibility index (Phi) is 6.35. The van der Waals surface area contributed by atoms with E-state index in [1.54, 1.807) is 11.8 Å². The highest BCUT2D eigenvalue weighted by molar-refractivity contribution is 7.99. The second kappa shape index (κ2) is 7.28. The Balaban J connectivity index is 2.26. The van der Waals surface area contributed by atoms with Crippen LogP contribution in [0.3, 0.4) is 0 Å². The monoisotopic (exact) mass is 301 g/mol. The zero-order chi connectivity index (χ0) is 13.6. The molecule has 0 aliphatic rings. The highest BCUT2D eigenvalue weighted by Gasteiger charge is 2.15. The molecule has 0 heterocycles. The first-order valence-corrected chi connectivity index (χ1v) is 7.68. The maximum absolute atomic E-state index is 8.90. The Hall–Kier alpha value is -0.360. The molecule has 0 radical (unpaired) electrons. The van der Waals surface area contributed by atoms with Gasteiger partial charge in [-0.3, -0.25) is 0 Å². The minimum Gasteiger partial charge on any atom is -0.198 e. The van der Waals surface area contributed by atoms with Gasteiger partial charge < -0.3 is 0 Å². The van der Waals surface area contributed by atoms with E-state index in [4.69, 9.17) is 28.5 Å². The fourth-order valence-electron chi connectivity index (χ4n) is 1.48. The molecule has 0 saturated carbocycles. The fourth-order valence-corrected chi connectivity index (χ4v) is 2.79. The van der Waals surface area contributed by atoms with E-state index in [1.165, 1.54) is 0 Å². The quantitative estimate of drug-likeness (QED) is 0.489. The number of thioether (sulfide) groups is 1. The maximum atomic E-state index is 8.90. The summed E-state index contributed by atoms with van der Waals surface area (Å²) in [6.45, 7) is 3.97. The molecule has 0 saturated heterocycles. The number of benzene rings is 1. The number of hydrogen-bond acceptors (Lipinski definition) is 2. The van der Waals surface area contributed by atoms with Gasteiger partial charge >= 0.3 is 0 Å². The van der Waals surface area contributed by atoms with E-state index in [1.807, 2.05) is 32.0 Å². The maximum Gasteiger partial charge on any atom is 0.0683 e. The molecule has 4 heteroatoms. The van der Waals surface area contributed by atoms with Gasteiger partial charge in [0.05, 0.1) is 21.5 Å². The molecule has 0 atom stereocenters. The van der Waals surface area contributed by atoms with Crippen molar-refractivity contribution in [3.05, 3.63) is 28.2 Å². The lowest BCUT2D eigenvalue weighted by molar-refractivity contribution is 0.433. The van der Waals surface area contributed by atoms with Crippen molar-refractivity contribution in [2.24, 2.45) is 5.41 Å². The van der Waals surface area contributed by atoms with Crippen LogP contribution in [0, 0.1) is 16.7 Å². The standard InChI is InChI=1S/C14H17Cl2NS/c1-14(2,10-17)7-3-4-8-18-11-5-6-12(15)13(16)9-11/h5-6,9H,3-4,7-8H2,1-2H3. The third-order valence-corrected chi connectivity index (χ3v) is 4.48. The summed E-state index contributed by atoms with van der Waals surface area (Å²) in [7, 11) is 0. The molecule has 0 bridgehead atoms. The number of nitrogens with zero attached hydrogens (tertiary/aromatic N) is 1. The van der Waals surface area contributed by atoms with Gasteiger partial charge in [-0.15, -0.1) is 11.8 Å². The molecule has 1 aromatic carbocycles. The predicted molar refractivity (Wildman–Crippen MR) is 80.4 cm³/mol. The molecular weight excluding hydrogens is 285 g/mol. The molecule has 0 aromatic heterocycles. The van der Waals surface area contributed by atoms with Gasteiger partial charge in [-0.05, 0) is 50.6 Å². The topological polar surface area (TPSA) is 23.8 Å². The summed E-state index contributed by atoms with van der Waals surface area (Å²) < 4.78 is 0. The van der Waals surface area contributed by atoms with Crippen LogP contribution < -0.4 is 0 Å². The molecule has 1 nitrogen and oxygen atoms in total. The molecule has 0 spiro atoms. The van der Waals surface area contributed by atoms with Crippen molar-refractivity contribution in [2.45, 2.75) is 38.0 Å². The SMILES string of the molecule is CC(C)(C#N)CCCCSc1ccc(Cl)c(Cl)c1. The summed E-state index contributed by atoms with van der Waals surface area (Å²) in [4.78, 5) is 1.14. The van der Waals surface area contributed by atoms with Gasteiger partial charge in [-0.2, -0.15) is 5.26 Å². The van der Waals surface area contributed by atoms with Gasteiger partial charge in [0, 0.05) is 4.90 Å². The lowest BCUT2D eigenvalue weighted by atomic mass is 9.89. The molecule has 0 fully saturated rings. The number of nitriles is 1. The molecule has 1 aromatic rings. The first-order chi connectivity index (χ1) is 8.44. The second-order valence-electron chi connectivity index (χ2n) is 4.88. The molecule has 0 aliphatic heterocycles. The van der Waals surface area contributed by atoms with Crippen molar-refractivity contribution in [2.75, 3.05) is 5.75 Å². The van der Waals surface area contributed by atoms with Gasteiger partial charge in [-0.1, -0.05) is 29.6 Å². The van der Waals surface area contributed by atoms with E-state index >= 15 is 0 Å². The smallest absolute Gasteiger partial charge is 0.0683 e. The van der Waals surface area contributed by atoms with E-state index in [-0.39, 0.29) is 5.41 Å². The van der Waals surface area contributed by atoms with Crippen molar-refractivity contribution in [3.63, 3.8) is 0 Å². The molecular formula is C14H17Cl2NS. The highest BCUT2D eigenvalue weighted by atomic mass is 35.5. The zero-order valence-corrected chi connectivity index (χ0v) is 13.0. The largest absolute Gasteiger partial charge is 0.198 e. The van der Waals surface area contributed by atoms with Crippen molar-refractivity contribution >= 4 is 35.0 Å². The van der Waals surface area contributed by atoms with Crippen LogP contribution in [0.5, 0.6) is 0 Å².